The summed E-state index contributed by atoms with van der Waals surface area (Å²) in [5, 5.41) is 0. The molecule has 0 fully saturated rings. The molecule has 0 aliphatic rings. The average Bonchev–Trinajstić information content (AvgIpc) is 2.11. The lowest BCUT2D eigenvalue weighted by atomic mass is 10.4. The van der Waals surface area contributed by atoms with Crippen LogP contribution in [0.3, 0.4) is 0 Å². The minimum absolute atomic E-state index is 0.232. The second kappa shape index (κ2) is 2.55. The van der Waals surface area contributed by atoms with Gasteiger partial charge in [-0.25, -0.2) is 4.98 Å². The predicted molar refractivity (Wildman–Crippen MR) is 40.5 cm³/mol. The fourth-order valence-electron chi connectivity index (χ4n) is 0.797. The molecule has 0 amide bonds. The Labute approximate surface area is 71.4 Å². The van der Waals surface area contributed by atoms with E-state index in [2.05, 4.69) is 20.9 Å². The molecule has 1 aromatic rings. The highest BCUT2D eigenvalue weighted by Gasteiger charge is 2.29. The van der Waals surface area contributed by atoms with E-state index in [0.29, 0.717) is 4.60 Å². The van der Waals surface area contributed by atoms with E-state index in [1.807, 2.05) is 0 Å². The number of alkyl halides is 2. The van der Waals surface area contributed by atoms with E-state index in [-0.39, 0.29) is 5.82 Å². The molecule has 0 aromatic carbocycles. The minimum atomic E-state index is -2.87. The van der Waals surface area contributed by atoms with Crippen LogP contribution in [-0.4, -0.2) is 9.55 Å². The second-order valence-electron chi connectivity index (χ2n) is 2.35. The molecule has 11 heavy (non-hydrogen) atoms. The van der Waals surface area contributed by atoms with E-state index in [4.69, 9.17) is 0 Å². The highest BCUT2D eigenvalue weighted by molar-refractivity contribution is 9.10. The van der Waals surface area contributed by atoms with E-state index < -0.39 is 5.92 Å². The maximum Gasteiger partial charge on any atom is 0.302 e. The molecule has 0 N–H and O–H groups in total. The van der Waals surface area contributed by atoms with Crippen LogP contribution in [0.5, 0.6) is 0 Å². The molecule has 1 aromatic heterocycles. The van der Waals surface area contributed by atoms with Gasteiger partial charge >= 0.3 is 5.92 Å². The molecule has 0 aliphatic carbocycles. The van der Waals surface area contributed by atoms with Gasteiger partial charge in [0.2, 0.25) is 0 Å². The number of halogens is 3. The van der Waals surface area contributed by atoms with Crippen molar-refractivity contribution in [1.82, 2.24) is 9.55 Å². The SMILES string of the molecule is Cn1c(Br)cnc1C(C)(F)F. The van der Waals surface area contributed by atoms with Gasteiger partial charge in [-0.05, 0) is 15.9 Å². The molecular formula is C6H7BrF2N2. The summed E-state index contributed by atoms with van der Waals surface area (Å²) in [6, 6.07) is 0. The summed E-state index contributed by atoms with van der Waals surface area (Å²) < 4.78 is 27.1. The number of rotatable bonds is 1. The third kappa shape index (κ3) is 1.58. The fourth-order valence-corrected chi connectivity index (χ4v) is 1.07. The third-order valence-corrected chi connectivity index (χ3v) is 2.06. The van der Waals surface area contributed by atoms with Crippen molar-refractivity contribution in [2.24, 2.45) is 7.05 Å². The van der Waals surface area contributed by atoms with Gasteiger partial charge in [0.1, 0.15) is 4.60 Å². The van der Waals surface area contributed by atoms with Crippen molar-refractivity contribution in [3.63, 3.8) is 0 Å². The molecule has 0 radical (unpaired) electrons. The van der Waals surface area contributed by atoms with E-state index in [9.17, 15) is 8.78 Å². The van der Waals surface area contributed by atoms with Crippen LogP contribution in [0, 0.1) is 0 Å². The molecule has 2 nitrogen and oxygen atoms in total. The van der Waals surface area contributed by atoms with E-state index >= 15 is 0 Å². The Morgan fingerprint density at radius 1 is 1.64 bits per heavy atom. The maximum atomic E-state index is 12.6. The van der Waals surface area contributed by atoms with Crippen LogP contribution in [0.25, 0.3) is 0 Å². The van der Waals surface area contributed by atoms with Crippen molar-refractivity contribution in [3.8, 4) is 0 Å². The van der Waals surface area contributed by atoms with Gasteiger partial charge in [-0.1, -0.05) is 0 Å². The van der Waals surface area contributed by atoms with Crippen molar-refractivity contribution in [2.75, 3.05) is 0 Å². The molecule has 0 unspecified atom stereocenters. The smallest absolute Gasteiger partial charge is 0.302 e. The highest BCUT2D eigenvalue weighted by atomic mass is 79.9. The zero-order valence-electron chi connectivity index (χ0n) is 6.11. The van der Waals surface area contributed by atoms with Crippen LogP contribution >= 0.6 is 15.9 Å². The lowest BCUT2D eigenvalue weighted by molar-refractivity contribution is 0.00489. The normalized spacial score (nSPS) is 12.1. The number of aromatic nitrogens is 2. The summed E-state index contributed by atoms with van der Waals surface area (Å²) in [4.78, 5) is 3.55. The van der Waals surface area contributed by atoms with Crippen molar-refractivity contribution in [3.05, 3.63) is 16.6 Å². The van der Waals surface area contributed by atoms with Gasteiger partial charge in [-0.3, -0.25) is 0 Å². The number of imidazole rings is 1. The highest BCUT2D eigenvalue weighted by Crippen LogP contribution is 2.26. The summed E-state index contributed by atoms with van der Waals surface area (Å²) in [7, 11) is 1.53. The van der Waals surface area contributed by atoms with Crippen molar-refractivity contribution in [1.29, 1.82) is 0 Å². The average molecular weight is 225 g/mol. The molecule has 0 saturated heterocycles. The Bertz CT molecular complexity index is 264. The van der Waals surface area contributed by atoms with Crippen molar-refractivity contribution >= 4 is 15.9 Å². The number of hydrogen-bond acceptors (Lipinski definition) is 1. The largest absolute Gasteiger partial charge is 0.321 e. The Kier molecular flexibility index (Phi) is 2.00. The van der Waals surface area contributed by atoms with Crippen LogP contribution in [0.2, 0.25) is 0 Å². The summed E-state index contributed by atoms with van der Waals surface area (Å²) in [5.74, 6) is -3.11. The van der Waals surface area contributed by atoms with Gasteiger partial charge in [0.15, 0.2) is 5.82 Å². The lowest BCUT2D eigenvalue weighted by Crippen LogP contribution is -2.14. The minimum Gasteiger partial charge on any atom is -0.321 e. The molecule has 5 heteroatoms. The van der Waals surface area contributed by atoms with Crippen molar-refractivity contribution < 1.29 is 8.78 Å². The fraction of sp³-hybridized carbons (Fsp3) is 0.500. The standard InChI is InChI=1S/C6H7BrF2N2/c1-6(8,9)5-10-3-4(7)11(5)2/h3H,1-2H3. The second-order valence-corrected chi connectivity index (χ2v) is 3.16. The number of hydrogen-bond donors (Lipinski definition) is 0. The summed E-state index contributed by atoms with van der Waals surface area (Å²) in [6.45, 7) is 0.821. The Hall–Kier alpha value is -0.450. The zero-order valence-corrected chi connectivity index (χ0v) is 7.69. The predicted octanol–water partition coefficient (Wildman–Crippen LogP) is 2.29. The summed E-state index contributed by atoms with van der Waals surface area (Å²) in [6.07, 6.45) is 1.35. The Morgan fingerprint density at radius 2 is 2.18 bits per heavy atom. The van der Waals surface area contributed by atoms with E-state index in [1.54, 1.807) is 0 Å². The Balaban J connectivity index is 3.15. The Morgan fingerprint density at radius 3 is 2.36 bits per heavy atom. The molecular weight excluding hydrogens is 218 g/mol. The van der Waals surface area contributed by atoms with E-state index in [1.165, 1.54) is 17.8 Å². The van der Waals surface area contributed by atoms with Gasteiger partial charge < -0.3 is 4.57 Å². The third-order valence-electron chi connectivity index (χ3n) is 1.32. The molecule has 0 atom stereocenters. The first-order valence-electron chi connectivity index (χ1n) is 2.98. The molecule has 0 spiro atoms. The maximum absolute atomic E-state index is 12.6. The van der Waals surface area contributed by atoms with Gasteiger partial charge in [-0.2, -0.15) is 8.78 Å². The summed E-state index contributed by atoms with van der Waals surface area (Å²) >= 11 is 3.08. The first-order valence-corrected chi connectivity index (χ1v) is 3.77. The van der Waals surface area contributed by atoms with Gasteiger partial charge in [-0.15, -0.1) is 0 Å². The van der Waals surface area contributed by atoms with Crippen LogP contribution in [0.4, 0.5) is 8.78 Å². The first-order chi connectivity index (χ1) is 4.93. The van der Waals surface area contributed by atoms with Crippen LogP contribution in [-0.2, 0) is 13.0 Å². The quantitative estimate of drug-likeness (QED) is 0.716. The zero-order chi connectivity index (χ0) is 8.65. The van der Waals surface area contributed by atoms with E-state index in [0.717, 1.165) is 6.92 Å². The molecule has 1 rings (SSSR count). The molecule has 62 valence electrons. The molecule has 0 saturated carbocycles. The number of nitrogens with zero attached hydrogens (tertiary/aromatic N) is 2. The molecule has 0 aliphatic heterocycles. The lowest BCUT2D eigenvalue weighted by Gasteiger charge is -2.09. The monoisotopic (exact) mass is 224 g/mol. The first kappa shape index (κ1) is 8.64. The van der Waals surface area contributed by atoms with Gasteiger partial charge in [0.05, 0.1) is 6.20 Å². The molecule has 1 heterocycles. The van der Waals surface area contributed by atoms with Crippen LogP contribution < -0.4 is 0 Å². The van der Waals surface area contributed by atoms with Gasteiger partial charge in [0.25, 0.3) is 0 Å². The van der Waals surface area contributed by atoms with Crippen LogP contribution in [0.1, 0.15) is 12.7 Å². The topological polar surface area (TPSA) is 17.8 Å². The summed E-state index contributed by atoms with van der Waals surface area (Å²) in [5.41, 5.74) is 0. The molecule has 0 bridgehead atoms. The van der Waals surface area contributed by atoms with Crippen LogP contribution in [0.15, 0.2) is 10.8 Å². The van der Waals surface area contributed by atoms with Crippen molar-refractivity contribution in [2.45, 2.75) is 12.8 Å². The van der Waals surface area contributed by atoms with Gasteiger partial charge in [0, 0.05) is 14.0 Å².